The maximum atomic E-state index is 13.0. The first-order valence-electron chi connectivity index (χ1n) is 7.39. The quantitative estimate of drug-likeness (QED) is 0.821. The summed E-state index contributed by atoms with van der Waals surface area (Å²) in [6, 6.07) is 8.03. The number of rotatable bonds is 6. The minimum absolute atomic E-state index is 0.146. The summed E-state index contributed by atoms with van der Waals surface area (Å²) in [4.78, 5) is 0. The Labute approximate surface area is 120 Å². The van der Waals surface area contributed by atoms with Crippen LogP contribution in [0.25, 0.3) is 0 Å². The average molecular weight is 281 g/mol. The molecule has 0 saturated carbocycles. The first-order valence-corrected chi connectivity index (χ1v) is 8.54. The van der Waals surface area contributed by atoms with Crippen molar-refractivity contribution in [2.45, 2.75) is 51.1 Å². The van der Waals surface area contributed by atoms with E-state index in [0.29, 0.717) is 12.1 Å². The maximum Gasteiger partial charge on any atom is 0.123 e. The number of thioether (sulfide) groups is 1. The summed E-state index contributed by atoms with van der Waals surface area (Å²) in [7, 11) is 0. The average Bonchev–Trinajstić information content (AvgIpc) is 2.45. The molecule has 1 aliphatic rings. The van der Waals surface area contributed by atoms with Crippen molar-refractivity contribution in [2.75, 3.05) is 11.5 Å². The predicted octanol–water partition coefficient (Wildman–Crippen LogP) is 4.54. The third-order valence-electron chi connectivity index (χ3n) is 3.78. The van der Waals surface area contributed by atoms with Crippen LogP contribution in [0.1, 0.15) is 50.6 Å². The second kappa shape index (κ2) is 7.91. The zero-order valence-corrected chi connectivity index (χ0v) is 12.5. The van der Waals surface area contributed by atoms with Crippen LogP contribution in [0.5, 0.6) is 0 Å². The van der Waals surface area contributed by atoms with Gasteiger partial charge in [-0.3, -0.25) is 0 Å². The summed E-state index contributed by atoms with van der Waals surface area (Å²) in [5.74, 6) is 2.38. The van der Waals surface area contributed by atoms with E-state index in [1.807, 2.05) is 12.1 Å². The molecule has 0 spiro atoms. The standard InChI is InChI=1S/C16H24FNS/c1-2-3-4-16(13-5-7-14(17)8-6-13)18-15-9-11-19-12-10-15/h5-8,15-16,18H,2-4,9-12H2,1H3. The molecule has 0 amide bonds. The van der Waals surface area contributed by atoms with Crippen molar-refractivity contribution >= 4 is 11.8 Å². The third kappa shape index (κ3) is 4.81. The normalized spacial score (nSPS) is 18.4. The predicted molar refractivity (Wildman–Crippen MR) is 82.1 cm³/mol. The lowest BCUT2D eigenvalue weighted by Crippen LogP contribution is -2.35. The van der Waals surface area contributed by atoms with Gasteiger partial charge in [0.1, 0.15) is 5.82 Å². The number of hydrogen-bond donors (Lipinski definition) is 1. The van der Waals surface area contributed by atoms with E-state index in [-0.39, 0.29) is 5.82 Å². The number of unbranched alkanes of at least 4 members (excludes halogenated alkanes) is 1. The van der Waals surface area contributed by atoms with Crippen LogP contribution in [-0.4, -0.2) is 17.5 Å². The highest BCUT2D eigenvalue weighted by Gasteiger charge is 2.19. The Morgan fingerprint density at radius 3 is 2.58 bits per heavy atom. The molecule has 0 aliphatic carbocycles. The van der Waals surface area contributed by atoms with Crippen molar-refractivity contribution in [3.8, 4) is 0 Å². The molecule has 1 atom stereocenters. The molecule has 19 heavy (non-hydrogen) atoms. The first-order chi connectivity index (χ1) is 9.29. The van der Waals surface area contributed by atoms with Crippen molar-refractivity contribution in [3.05, 3.63) is 35.6 Å². The molecule has 0 radical (unpaired) electrons. The summed E-state index contributed by atoms with van der Waals surface area (Å²) in [5, 5.41) is 3.79. The zero-order valence-electron chi connectivity index (χ0n) is 11.7. The molecule has 1 aliphatic heterocycles. The van der Waals surface area contributed by atoms with Crippen molar-refractivity contribution in [1.82, 2.24) is 5.32 Å². The van der Waals surface area contributed by atoms with Gasteiger partial charge < -0.3 is 5.32 Å². The fraction of sp³-hybridized carbons (Fsp3) is 0.625. The summed E-state index contributed by atoms with van der Waals surface area (Å²) in [6.07, 6.45) is 6.09. The smallest absolute Gasteiger partial charge is 0.123 e. The molecule has 1 unspecified atom stereocenters. The van der Waals surface area contributed by atoms with Crippen LogP contribution in [0.3, 0.4) is 0 Å². The lowest BCUT2D eigenvalue weighted by molar-refractivity contribution is 0.390. The minimum Gasteiger partial charge on any atom is -0.307 e. The maximum absolute atomic E-state index is 13.0. The molecule has 1 aromatic rings. The molecule has 1 saturated heterocycles. The monoisotopic (exact) mass is 281 g/mol. The van der Waals surface area contributed by atoms with Gasteiger partial charge in [0.05, 0.1) is 0 Å². The van der Waals surface area contributed by atoms with Crippen molar-refractivity contribution in [2.24, 2.45) is 0 Å². The van der Waals surface area contributed by atoms with Crippen LogP contribution in [0.15, 0.2) is 24.3 Å². The van der Waals surface area contributed by atoms with Gasteiger partial charge in [0.25, 0.3) is 0 Å². The van der Waals surface area contributed by atoms with Crippen molar-refractivity contribution < 1.29 is 4.39 Å². The Kier molecular flexibility index (Phi) is 6.18. The van der Waals surface area contributed by atoms with Crippen LogP contribution in [0, 0.1) is 5.82 Å². The van der Waals surface area contributed by atoms with E-state index >= 15 is 0 Å². The molecular weight excluding hydrogens is 257 g/mol. The van der Waals surface area contributed by atoms with Gasteiger partial charge in [-0.05, 0) is 48.5 Å². The van der Waals surface area contributed by atoms with Crippen LogP contribution >= 0.6 is 11.8 Å². The highest BCUT2D eigenvalue weighted by atomic mass is 32.2. The van der Waals surface area contributed by atoms with Crippen LogP contribution in [0.4, 0.5) is 4.39 Å². The van der Waals surface area contributed by atoms with Crippen LogP contribution in [0.2, 0.25) is 0 Å². The van der Waals surface area contributed by atoms with E-state index in [0.717, 1.165) is 6.42 Å². The molecule has 0 aromatic heterocycles. The third-order valence-corrected chi connectivity index (χ3v) is 4.83. The molecule has 1 nitrogen and oxygen atoms in total. The van der Waals surface area contributed by atoms with E-state index in [1.165, 1.54) is 42.8 Å². The summed E-state index contributed by atoms with van der Waals surface area (Å²) >= 11 is 2.05. The molecule has 1 fully saturated rings. The van der Waals surface area contributed by atoms with E-state index in [1.54, 1.807) is 12.1 Å². The minimum atomic E-state index is -0.146. The van der Waals surface area contributed by atoms with Gasteiger partial charge in [0.15, 0.2) is 0 Å². The molecule has 106 valence electrons. The SMILES string of the molecule is CCCCC(NC1CCSCC1)c1ccc(F)cc1. The van der Waals surface area contributed by atoms with E-state index in [2.05, 4.69) is 24.0 Å². The van der Waals surface area contributed by atoms with Gasteiger partial charge in [-0.25, -0.2) is 4.39 Å². The Morgan fingerprint density at radius 2 is 1.95 bits per heavy atom. The summed E-state index contributed by atoms with van der Waals surface area (Å²) in [6.45, 7) is 2.22. The number of benzene rings is 1. The van der Waals surface area contributed by atoms with E-state index < -0.39 is 0 Å². The number of hydrogen-bond acceptors (Lipinski definition) is 2. The fourth-order valence-electron chi connectivity index (χ4n) is 2.60. The van der Waals surface area contributed by atoms with E-state index in [4.69, 9.17) is 0 Å². The Bertz CT molecular complexity index is 360. The molecule has 2 rings (SSSR count). The van der Waals surface area contributed by atoms with Gasteiger partial charge in [0.2, 0.25) is 0 Å². The van der Waals surface area contributed by atoms with Gasteiger partial charge in [-0.1, -0.05) is 31.9 Å². The van der Waals surface area contributed by atoms with Crippen LogP contribution < -0.4 is 5.32 Å². The fourth-order valence-corrected chi connectivity index (χ4v) is 3.70. The lowest BCUT2D eigenvalue weighted by Gasteiger charge is -2.28. The van der Waals surface area contributed by atoms with Crippen molar-refractivity contribution in [3.63, 3.8) is 0 Å². The lowest BCUT2D eigenvalue weighted by atomic mass is 9.99. The van der Waals surface area contributed by atoms with E-state index in [9.17, 15) is 4.39 Å². The Balaban J connectivity index is 1.99. The second-order valence-corrected chi connectivity index (χ2v) is 6.52. The van der Waals surface area contributed by atoms with Crippen LogP contribution in [-0.2, 0) is 0 Å². The van der Waals surface area contributed by atoms with Gasteiger partial charge in [-0.15, -0.1) is 0 Å². The summed E-state index contributed by atoms with van der Waals surface area (Å²) < 4.78 is 13.0. The van der Waals surface area contributed by atoms with Gasteiger partial charge in [0, 0.05) is 12.1 Å². The molecule has 0 bridgehead atoms. The number of halogens is 1. The highest BCUT2D eigenvalue weighted by molar-refractivity contribution is 7.99. The molecule has 1 N–H and O–H groups in total. The zero-order chi connectivity index (χ0) is 13.5. The topological polar surface area (TPSA) is 12.0 Å². The molecular formula is C16H24FNS. The van der Waals surface area contributed by atoms with Crippen molar-refractivity contribution in [1.29, 1.82) is 0 Å². The van der Waals surface area contributed by atoms with Gasteiger partial charge >= 0.3 is 0 Å². The summed E-state index contributed by atoms with van der Waals surface area (Å²) in [5.41, 5.74) is 1.23. The second-order valence-electron chi connectivity index (χ2n) is 5.30. The van der Waals surface area contributed by atoms with Gasteiger partial charge in [-0.2, -0.15) is 11.8 Å². The highest BCUT2D eigenvalue weighted by Crippen LogP contribution is 2.24. The Morgan fingerprint density at radius 1 is 1.26 bits per heavy atom. The molecule has 1 heterocycles. The largest absolute Gasteiger partial charge is 0.307 e. The first kappa shape index (κ1) is 14.9. The Hall–Kier alpha value is -0.540. The molecule has 3 heteroatoms. The molecule has 1 aromatic carbocycles. The number of nitrogens with one attached hydrogen (secondary N) is 1.